The van der Waals surface area contributed by atoms with Gasteiger partial charge >= 0.3 is 7.60 Å². The van der Waals surface area contributed by atoms with Gasteiger partial charge < -0.3 is 14.2 Å². The molecule has 0 radical (unpaired) electrons. The van der Waals surface area contributed by atoms with Crippen LogP contribution >= 0.6 is 19.2 Å². The number of halogens is 1. The van der Waals surface area contributed by atoms with Gasteiger partial charge in [-0.2, -0.15) is 0 Å². The summed E-state index contributed by atoms with van der Waals surface area (Å²) in [6.07, 6.45) is -0.960. The zero-order valence-corrected chi connectivity index (χ0v) is 12.2. The fraction of sp³-hybridized carbons (Fsp3) is 1.00. The first kappa shape index (κ1) is 16.4. The molecule has 1 N–H and O–H groups in total. The van der Waals surface area contributed by atoms with Crippen molar-refractivity contribution in [1.29, 1.82) is 0 Å². The molecule has 98 valence electrons. The average Bonchev–Trinajstić information content (AvgIpc) is 2.14. The first-order valence-electron chi connectivity index (χ1n) is 5.40. The third kappa shape index (κ3) is 4.34. The predicted octanol–water partition coefficient (Wildman–Crippen LogP) is 3.22. The lowest BCUT2D eigenvalue weighted by Gasteiger charge is -2.32. The van der Waals surface area contributed by atoms with Gasteiger partial charge in [-0.25, -0.2) is 0 Å². The molecule has 2 atom stereocenters. The molecule has 0 heterocycles. The summed E-state index contributed by atoms with van der Waals surface area (Å²) in [6, 6.07) is 0. The molecule has 0 saturated heterocycles. The lowest BCUT2D eigenvalue weighted by Crippen LogP contribution is -2.35. The van der Waals surface area contributed by atoms with E-state index in [-0.39, 0.29) is 13.2 Å². The lowest BCUT2D eigenvalue weighted by atomic mass is 9.90. The van der Waals surface area contributed by atoms with E-state index in [0.717, 1.165) is 0 Å². The van der Waals surface area contributed by atoms with E-state index in [4.69, 9.17) is 20.6 Å². The maximum absolute atomic E-state index is 12.3. The molecule has 16 heavy (non-hydrogen) atoms. The Balaban J connectivity index is 4.87. The van der Waals surface area contributed by atoms with Crippen LogP contribution < -0.4 is 0 Å². The molecule has 4 nitrogen and oxygen atoms in total. The summed E-state index contributed by atoms with van der Waals surface area (Å²) < 4.78 is 22.4. The topological polar surface area (TPSA) is 55.8 Å². The lowest BCUT2D eigenvalue weighted by molar-refractivity contribution is 0.0649. The molecule has 0 amide bonds. The SMILES string of the molecule is CCOP(=O)(OCC)[C@H](Cl)[C@@H](O)C(C)(C)C. The summed E-state index contributed by atoms with van der Waals surface area (Å²) in [4.78, 5) is 0. The summed E-state index contributed by atoms with van der Waals surface area (Å²) in [5, 5.41) is 8.93. The van der Waals surface area contributed by atoms with Gasteiger partial charge in [-0.15, -0.1) is 11.6 Å². The van der Waals surface area contributed by atoms with Crippen LogP contribution in [0.2, 0.25) is 0 Å². The molecule has 0 aromatic rings. The van der Waals surface area contributed by atoms with Crippen molar-refractivity contribution in [2.45, 2.75) is 45.8 Å². The van der Waals surface area contributed by atoms with Crippen molar-refractivity contribution in [3.63, 3.8) is 0 Å². The third-order valence-corrected chi connectivity index (χ3v) is 5.15. The van der Waals surface area contributed by atoms with Gasteiger partial charge in [-0.05, 0) is 19.3 Å². The highest BCUT2D eigenvalue weighted by molar-refractivity contribution is 7.56. The molecule has 0 aromatic carbocycles. The summed E-state index contributed by atoms with van der Waals surface area (Å²) in [7, 11) is -3.45. The van der Waals surface area contributed by atoms with Gasteiger partial charge in [0.15, 0.2) is 5.12 Å². The largest absolute Gasteiger partial charge is 0.390 e. The van der Waals surface area contributed by atoms with E-state index in [1.54, 1.807) is 13.8 Å². The molecule has 0 bridgehead atoms. The Labute approximate surface area is 103 Å². The summed E-state index contributed by atoms with van der Waals surface area (Å²) in [6.45, 7) is 9.33. The number of alkyl halides is 1. The molecule has 0 aliphatic carbocycles. The third-order valence-electron chi connectivity index (χ3n) is 2.07. The minimum Gasteiger partial charge on any atom is -0.390 e. The Bertz CT molecular complexity index is 242. The highest BCUT2D eigenvalue weighted by atomic mass is 35.5. The quantitative estimate of drug-likeness (QED) is 0.596. The van der Waals surface area contributed by atoms with Crippen molar-refractivity contribution in [3.05, 3.63) is 0 Å². The maximum atomic E-state index is 12.3. The standard InChI is InChI=1S/C10H22ClO4P/c1-6-14-16(13,15-7-2)9(11)8(12)10(3,4)5/h8-9,12H,6-7H2,1-5H3/t8-,9+/m1/s1. The van der Waals surface area contributed by atoms with Crippen molar-refractivity contribution in [3.8, 4) is 0 Å². The van der Waals surface area contributed by atoms with Crippen LogP contribution in [0.4, 0.5) is 0 Å². The first-order chi connectivity index (χ1) is 7.19. The normalized spacial score (nSPS) is 17.2. The molecular formula is C10H22ClO4P. The van der Waals surface area contributed by atoms with Crippen LogP contribution in [-0.2, 0) is 13.6 Å². The highest BCUT2D eigenvalue weighted by Crippen LogP contribution is 2.57. The second kappa shape index (κ2) is 6.36. The highest BCUT2D eigenvalue weighted by Gasteiger charge is 2.43. The smallest absolute Gasteiger partial charge is 0.351 e. The van der Waals surface area contributed by atoms with Gasteiger partial charge in [0, 0.05) is 0 Å². The average molecular weight is 273 g/mol. The minimum absolute atomic E-state index is 0.233. The number of aliphatic hydroxyl groups excluding tert-OH is 1. The van der Waals surface area contributed by atoms with Gasteiger partial charge in [0.1, 0.15) is 0 Å². The first-order valence-corrected chi connectivity index (χ1v) is 7.44. The van der Waals surface area contributed by atoms with Gasteiger partial charge in [-0.3, -0.25) is 4.57 Å². The summed E-state index contributed by atoms with van der Waals surface area (Å²) in [5.74, 6) is 0. The minimum atomic E-state index is -3.45. The Morgan fingerprint density at radius 3 is 1.88 bits per heavy atom. The summed E-state index contributed by atoms with van der Waals surface area (Å²) in [5.41, 5.74) is -0.476. The summed E-state index contributed by atoms with van der Waals surface area (Å²) >= 11 is 6.02. The number of hydrogen-bond donors (Lipinski definition) is 1. The van der Waals surface area contributed by atoms with Crippen molar-refractivity contribution < 1.29 is 18.7 Å². The van der Waals surface area contributed by atoms with Crippen LogP contribution in [0.3, 0.4) is 0 Å². The van der Waals surface area contributed by atoms with Gasteiger partial charge in [0.05, 0.1) is 19.3 Å². The van der Waals surface area contributed by atoms with Crippen LogP contribution in [0.5, 0.6) is 0 Å². The molecule has 0 rings (SSSR count). The van der Waals surface area contributed by atoms with Crippen LogP contribution in [0.1, 0.15) is 34.6 Å². The van der Waals surface area contributed by atoms with Crippen molar-refractivity contribution in [1.82, 2.24) is 0 Å². The molecule has 0 fully saturated rings. The maximum Gasteiger partial charge on any atom is 0.351 e. The van der Waals surface area contributed by atoms with Crippen LogP contribution in [0, 0.1) is 5.41 Å². The van der Waals surface area contributed by atoms with Crippen molar-refractivity contribution in [2.75, 3.05) is 13.2 Å². The van der Waals surface area contributed by atoms with E-state index in [2.05, 4.69) is 0 Å². The van der Waals surface area contributed by atoms with E-state index in [0.29, 0.717) is 0 Å². The Morgan fingerprint density at radius 2 is 1.62 bits per heavy atom. The molecule has 0 aliphatic rings. The van der Waals surface area contributed by atoms with E-state index in [9.17, 15) is 9.67 Å². The second-order valence-corrected chi connectivity index (χ2v) is 7.49. The Morgan fingerprint density at radius 1 is 1.25 bits per heavy atom. The molecular weight excluding hydrogens is 251 g/mol. The fourth-order valence-corrected chi connectivity index (χ4v) is 3.71. The zero-order chi connectivity index (χ0) is 13.0. The van der Waals surface area contributed by atoms with E-state index >= 15 is 0 Å². The van der Waals surface area contributed by atoms with Crippen LogP contribution in [0.25, 0.3) is 0 Å². The molecule has 0 saturated carbocycles. The second-order valence-electron chi connectivity index (χ2n) is 4.56. The van der Waals surface area contributed by atoms with Crippen molar-refractivity contribution >= 4 is 19.2 Å². The Kier molecular flexibility index (Phi) is 6.52. The predicted molar refractivity (Wildman–Crippen MR) is 66.0 cm³/mol. The van der Waals surface area contributed by atoms with Gasteiger partial charge in [0.25, 0.3) is 0 Å². The van der Waals surface area contributed by atoms with Crippen LogP contribution in [-0.4, -0.2) is 29.5 Å². The van der Waals surface area contributed by atoms with Crippen molar-refractivity contribution in [2.24, 2.45) is 5.41 Å². The zero-order valence-electron chi connectivity index (χ0n) is 10.6. The van der Waals surface area contributed by atoms with E-state index < -0.39 is 24.2 Å². The van der Waals surface area contributed by atoms with Crippen LogP contribution in [0.15, 0.2) is 0 Å². The van der Waals surface area contributed by atoms with Gasteiger partial charge in [0.2, 0.25) is 0 Å². The molecule has 0 aliphatic heterocycles. The molecule has 6 heteroatoms. The monoisotopic (exact) mass is 272 g/mol. The number of rotatable bonds is 6. The molecule has 0 aromatic heterocycles. The van der Waals surface area contributed by atoms with Gasteiger partial charge in [-0.1, -0.05) is 20.8 Å². The Hall–Kier alpha value is 0.400. The van der Waals surface area contributed by atoms with E-state index in [1.165, 1.54) is 0 Å². The van der Waals surface area contributed by atoms with E-state index in [1.807, 2.05) is 20.8 Å². The fourth-order valence-electron chi connectivity index (χ4n) is 1.13. The number of aliphatic hydroxyl groups is 1. The number of hydrogen-bond acceptors (Lipinski definition) is 4. The molecule has 0 unspecified atom stereocenters. The molecule has 0 spiro atoms.